The van der Waals surface area contributed by atoms with Crippen LogP contribution < -0.4 is 15.4 Å². The second-order valence-corrected chi connectivity index (χ2v) is 10.1. The molecule has 1 fully saturated rings. The first-order chi connectivity index (χ1) is 18.4. The molecular formula is C29H33ClN5O3+. The fourth-order valence-corrected chi connectivity index (χ4v) is 5.35. The van der Waals surface area contributed by atoms with Crippen LogP contribution in [-0.4, -0.2) is 32.8 Å². The maximum atomic E-state index is 13.4. The van der Waals surface area contributed by atoms with E-state index in [4.69, 9.17) is 18.0 Å². The summed E-state index contributed by atoms with van der Waals surface area (Å²) in [7, 11) is 0. The van der Waals surface area contributed by atoms with Gasteiger partial charge in [-0.1, -0.05) is 67.5 Å². The molecule has 1 aliphatic rings. The summed E-state index contributed by atoms with van der Waals surface area (Å²) in [6.45, 7) is 2.28. The number of carbonyl (C=O) groups excluding carboxylic acids is 2. The van der Waals surface area contributed by atoms with Gasteiger partial charge in [-0.05, 0) is 36.0 Å². The smallest absolute Gasteiger partial charge is 0.270 e. The monoisotopic (exact) mass is 534 g/mol. The van der Waals surface area contributed by atoms with E-state index in [1.807, 2.05) is 24.3 Å². The number of nitrogens with one attached hydrogen (secondary N) is 2. The molecule has 1 aromatic carbocycles. The van der Waals surface area contributed by atoms with Crippen molar-refractivity contribution in [1.82, 2.24) is 20.4 Å². The third-order valence-electron chi connectivity index (χ3n) is 7.15. The number of pyridine rings is 1. The summed E-state index contributed by atoms with van der Waals surface area (Å²) in [6.07, 6.45) is 14.6. The highest BCUT2D eigenvalue weighted by Crippen LogP contribution is 2.29. The number of aromatic nitrogens is 3. The second kappa shape index (κ2) is 12.6. The zero-order chi connectivity index (χ0) is 27.1. The highest BCUT2D eigenvalue weighted by molar-refractivity contribution is 6.33. The number of halogens is 1. The molecule has 1 unspecified atom stereocenters. The van der Waals surface area contributed by atoms with E-state index in [2.05, 4.69) is 21.7 Å². The fourth-order valence-electron chi connectivity index (χ4n) is 5.05. The van der Waals surface area contributed by atoms with Gasteiger partial charge in [-0.15, -0.1) is 6.42 Å². The Morgan fingerprint density at radius 2 is 1.89 bits per heavy atom. The Kier molecular flexibility index (Phi) is 9.03. The van der Waals surface area contributed by atoms with Crippen molar-refractivity contribution in [3.63, 3.8) is 0 Å². The van der Waals surface area contributed by atoms with Crippen LogP contribution in [0.15, 0.2) is 48.8 Å². The molecule has 0 spiro atoms. The first kappa shape index (κ1) is 27.2. The molecule has 198 valence electrons. The van der Waals surface area contributed by atoms with Gasteiger partial charge in [-0.2, -0.15) is 5.10 Å². The van der Waals surface area contributed by atoms with Crippen molar-refractivity contribution in [1.29, 1.82) is 0 Å². The van der Waals surface area contributed by atoms with Crippen LogP contribution in [0.5, 0.6) is 0 Å². The number of rotatable bonds is 8. The Hall–Kier alpha value is -3.83. The summed E-state index contributed by atoms with van der Waals surface area (Å²) >= 11 is 6.37. The van der Waals surface area contributed by atoms with Gasteiger partial charge in [0.05, 0.1) is 10.6 Å². The Balaban J connectivity index is 1.47. The topological polar surface area (TPSA) is 100 Å². The molecular weight excluding hydrogens is 502 g/mol. The zero-order valence-corrected chi connectivity index (χ0v) is 22.2. The quantitative estimate of drug-likeness (QED) is 0.176. The average molecular weight is 535 g/mol. The highest BCUT2D eigenvalue weighted by atomic mass is 35.5. The number of benzene rings is 1. The Morgan fingerprint density at radius 3 is 2.58 bits per heavy atom. The summed E-state index contributed by atoms with van der Waals surface area (Å²) < 4.78 is 2.49. The van der Waals surface area contributed by atoms with E-state index in [0.717, 1.165) is 59.9 Å². The number of nitrogens with zero attached hydrogens (tertiary/aromatic N) is 3. The normalized spacial score (nSPS) is 14.8. The molecule has 2 heterocycles. The Labute approximate surface area is 228 Å². The second-order valence-electron chi connectivity index (χ2n) is 9.66. The van der Waals surface area contributed by atoms with Gasteiger partial charge in [0, 0.05) is 30.5 Å². The van der Waals surface area contributed by atoms with E-state index in [0.29, 0.717) is 23.0 Å². The van der Waals surface area contributed by atoms with E-state index in [1.54, 1.807) is 19.1 Å². The van der Waals surface area contributed by atoms with Crippen LogP contribution in [0.3, 0.4) is 0 Å². The van der Waals surface area contributed by atoms with Crippen molar-refractivity contribution >= 4 is 23.4 Å². The number of hydrogen-bond donors (Lipinski definition) is 3. The van der Waals surface area contributed by atoms with E-state index < -0.39 is 6.04 Å². The van der Waals surface area contributed by atoms with Crippen molar-refractivity contribution in [2.75, 3.05) is 0 Å². The summed E-state index contributed by atoms with van der Waals surface area (Å²) in [6, 6.07) is 10.2. The van der Waals surface area contributed by atoms with Gasteiger partial charge in [0.2, 0.25) is 17.8 Å². The standard InChI is InChI=1S/C29H32ClN5O3/c1-3-17-34-25(14-16-32-34)28(36)33-27(23-8-6-4-5-7-9-23)29(37)31-19-21-10-12-22(13-11-21)26-20(2)35(38)18-15-24(26)30/h1,10-16,18,23,27H,4-9,17,19H2,2H3,(H2-,31,33,36,37,38)/p+1. The van der Waals surface area contributed by atoms with Crippen LogP contribution in [-0.2, 0) is 17.9 Å². The summed E-state index contributed by atoms with van der Waals surface area (Å²) in [5.74, 6) is 1.99. The van der Waals surface area contributed by atoms with Crippen LogP contribution >= 0.6 is 11.6 Å². The van der Waals surface area contributed by atoms with Gasteiger partial charge >= 0.3 is 0 Å². The molecule has 38 heavy (non-hydrogen) atoms. The van der Waals surface area contributed by atoms with Crippen LogP contribution in [0.25, 0.3) is 11.1 Å². The lowest BCUT2D eigenvalue weighted by Gasteiger charge is -2.26. The molecule has 0 saturated heterocycles. The summed E-state index contributed by atoms with van der Waals surface area (Å²) in [5.41, 5.74) is 3.47. The van der Waals surface area contributed by atoms with Crippen LogP contribution in [0.4, 0.5) is 0 Å². The van der Waals surface area contributed by atoms with Gasteiger partial charge in [-0.3, -0.25) is 14.8 Å². The van der Waals surface area contributed by atoms with Gasteiger partial charge in [0.25, 0.3) is 5.91 Å². The number of carbonyl (C=O) groups is 2. The number of hydrogen-bond acceptors (Lipinski definition) is 4. The first-order valence-corrected chi connectivity index (χ1v) is 13.3. The first-order valence-electron chi connectivity index (χ1n) is 12.9. The lowest BCUT2D eigenvalue weighted by atomic mass is 9.91. The largest absolute Gasteiger partial charge is 0.350 e. The molecule has 0 bridgehead atoms. The SMILES string of the molecule is C#CCn1nccc1C(=O)NC(C(=O)NCc1ccc(-c2c(Cl)cc[n+](O)c2C)cc1)C1CCCCCC1. The minimum absolute atomic E-state index is 0.0567. The minimum atomic E-state index is -0.653. The van der Waals surface area contributed by atoms with Crippen molar-refractivity contribution in [2.45, 2.75) is 64.6 Å². The van der Waals surface area contributed by atoms with Gasteiger partial charge < -0.3 is 10.6 Å². The van der Waals surface area contributed by atoms with Crippen LogP contribution in [0, 0.1) is 25.2 Å². The predicted octanol–water partition coefficient (Wildman–Crippen LogP) is 4.06. The minimum Gasteiger partial charge on any atom is -0.350 e. The van der Waals surface area contributed by atoms with Crippen molar-refractivity contribution in [3.05, 3.63) is 70.8 Å². The lowest BCUT2D eigenvalue weighted by Crippen LogP contribution is -2.51. The number of terminal acetylenes is 1. The van der Waals surface area contributed by atoms with Crippen molar-refractivity contribution in [2.24, 2.45) is 5.92 Å². The molecule has 9 heteroatoms. The van der Waals surface area contributed by atoms with Gasteiger partial charge in [0.1, 0.15) is 18.3 Å². The van der Waals surface area contributed by atoms with Gasteiger partial charge in [-0.25, -0.2) is 4.68 Å². The molecule has 8 nitrogen and oxygen atoms in total. The molecule has 0 aliphatic heterocycles. The van der Waals surface area contributed by atoms with E-state index in [-0.39, 0.29) is 24.3 Å². The third kappa shape index (κ3) is 6.35. The molecule has 3 aromatic rings. The van der Waals surface area contributed by atoms with Crippen LogP contribution in [0.2, 0.25) is 5.02 Å². The Bertz CT molecular complexity index is 1320. The maximum absolute atomic E-state index is 13.4. The highest BCUT2D eigenvalue weighted by Gasteiger charge is 2.31. The van der Waals surface area contributed by atoms with Crippen molar-refractivity contribution in [3.8, 4) is 23.5 Å². The maximum Gasteiger partial charge on any atom is 0.270 e. The summed E-state index contributed by atoms with van der Waals surface area (Å²) in [5, 5.41) is 20.7. The van der Waals surface area contributed by atoms with Crippen LogP contribution in [0.1, 0.15) is 60.3 Å². The fraction of sp³-hybridized carbons (Fsp3) is 0.379. The van der Waals surface area contributed by atoms with Crippen molar-refractivity contribution < 1.29 is 19.5 Å². The molecule has 1 saturated carbocycles. The molecule has 2 aromatic heterocycles. The molecule has 4 rings (SSSR count). The Morgan fingerprint density at radius 1 is 1.18 bits per heavy atom. The van der Waals surface area contributed by atoms with Gasteiger partial charge in [0.15, 0.2) is 0 Å². The third-order valence-corrected chi connectivity index (χ3v) is 7.46. The zero-order valence-electron chi connectivity index (χ0n) is 21.5. The summed E-state index contributed by atoms with van der Waals surface area (Å²) in [4.78, 5) is 26.5. The van der Waals surface area contributed by atoms with E-state index in [1.165, 1.54) is 17.1 Å². The van der Waals surface area contributed by atoms with E-state index >= 15 is 0 Å². The molecule has 1 atom stereocenters. The number of amides is 2. The molecule has 3 N–H and O–H groups in total. The molecule has 2 amide bonds. The lowest BCUT2D eigenvalue weighted by molar-refractivity contribution is -0.908. The average Bonchev–Trinajstić information content (AvgIpc) is 3.21. The van der Waals surface area contributed by atoms with E-state index in [9.17, 15) is 14.8 Å². The molecule has 0 radical (unpaired) electrons. The molecule has 1 aliphatic carbocycles. The predicted molar refractivity (Wildman–Crippen MR) is 144 cm³/mol.